The molecule has 1 aromatic heterocycles. The Morgan fingerprint density at radius 1 is 1.26 bits per heavy atom. The number of carbonyl (C=O) groups is 1. The van der Waals surface area contributed by atoms with E-state index in [4.69, 9.17) is 4.74 Å². The lowest BCUT2D eigenvalue weighted by atomic mass is 10.2. The number of carbonyl (C=O) groups excluding carboxylic acids is 1. The van der Waals surface area contributed by atoms with Crippen molar-refractivity contribution in [2.75, 3.05) is 6.54 Å². The normalized spacial score (nSPS) is 18.5. The Kier molecular flexibility index (Phi) is 5.80. The highest BCUT2D eigenvalue weighted by Gasteiger charge is 2.28. The zero-order valence-electron chi connectivity index (χ0n) is 12.3. The molecule has 2 rings (SSSR count). The van der Waals surface area contributed by atoms with Crippen molar-refractivity contribution in [2.24, 2.45) is 0 Å². The Labute approximate surface area is 115 Å². The Bertz CT molecular complexity index is 347. The van der Waals surface area contributed by atoms with Gasteiger partial charge in [-0.1, -0.05) is 6.07 Å². The zero-order chi connectivity index (χ0) is 14.3. The molecule has 106 valence electrons. The monoisotopic (exact) mass is 264 g/mol. The first kappa shape index (κ1) is 15.5. The molecule has 0 saturated carbocycles. The van der Waals surface area contributed by atoms with Gasteiger partial charge in [-0.2, -0.15) is 0 Å². The number of pyridine rings is 1. The third kappa shape index (κ3) is 6.22. The number of hydrogen-bond acceptors (Lipinski definition) is 3. The van der Waals surface area contributed by atoms with Gasteiger partial charge in [-0.15, -0.1) is 0 Å². The molecule has 0 aromatic carbocycles. The smallest absolute Gasteiger partial charge is 0.410 e. The number of nitrogens with zero attached hydrogens (tertiary/aromatic N) is 2. The highest BCUT2D eigenvalue weighted by Crippen LogP contribution is 2.19. The van der Waals surface area contributed by atoms with Crippen LogP contribution in [0.2, 0.25) is 0 Å². The number of ether oxygens (including phenoxy) is 1. The largest absolute Gasteiger partial charge is 0.444 e. The number of likely N-dealkylation sites (tertiary alicyclic amines) is 1. The molecule has 0 radical (unpaired) electrons. The van der Waals surface area contributed by atoms with Gasteiger partial charge < -0.3 is 9.64 Å². The van der Waals surface area contributed by atoms with E-state index in [2.05, 4.69) is 11.9 Å². The van der Waals surface area contributed by atoms with Crippen LogP contribution in [-0.4, -0.2) is 34.2 Å². The van der Waals surface area contributed by atoms with Gasteiger partial charge in [0.2, 0.25) is 0 Å². The average molecular weight is 264 g/mol. The second kappa shape index (κ2) is 7.12. The van der Waals surface area contributed by atoms with Crippen LogP contribution in [0.4, 0.5) is 4.79 Å². The van der Waals surface area contributed by atoms with E-state index >= 15 is 0 Å². The number of amides is 1. The van der Waals surface area contributed by atoms with Crippen LogP contribution in [0.15, 0.2) is 30.6 Å². The van der Waals surface area contributed by atoms with Gasteiger partial charge in [-0.3, -0.25) is 4.98 Å². The summed E-state index contributed by atoms with van der Waals surface area (Å²) in [6.45, 7) is 8.59. The van der Waals surface area contributed by atoms with Crippen LogP contribution in [0.3, 0.4) is 0 Å². The average Bonchev–Trinajstić information content (AvgIpc) is 2.76. The molecule has 1 atom stereocenters. The van der Waals surface area contributed by atoms with Crippen molar-refractivity contribution in [2.45, 2.75) is 52.2 Å². The fraction of sp³-hybridized carbons (Fsp3) is 0.600. The molecule has 1 aliphatic rings. The quantitative estimate of drug-likeness (QED) is 0.720. The van der Waals surface area contributed by atoms with Crippen molar-refractivity contribution in [3.63, 3.8) is 0 Å². The summed E-state index contributed by atoms with van der Waals surface area (Å²) >= 11 is 0. The summed E-state index contributed by atoms with van der Waals surface area (Å²) in [5.74, 6) is 0. The molecule has 19 heavy (non-hydrogen) atoms. The van der Waals surface area contributed by atoms with Crippen LogP contribution in [0.1, 0.15) is 40.5 Å². The Morgan fingerprint density at radius 2 is 1.89 bits per heavy atom. The van der Waals surface area contributed by atoms with Gasteiger partial charge in [-0.05, 0) is 52.7 Å². The van der Waals surface area contributed by atoms with Crippen molar-refractivity contribution in [1.82, 2.24) is 9.88 Å². The lowest BCUT2D eigenvalue weighted by molar-refractivity contribution is 0.0239. The van der Waals surface area contributed by atoms with Crippen LogP contribution in [0, 0.1) is 0 Å². The molecule has 1 amide bonds. The molecular weight excluding hydrogens is 240 g/mol. The van der Waals surface area contributed by atoms with E-state index in [-0.39, 0.29) is 11.7 Å². The first-order valence-corrected chi connectivity index (χ1v) is 6.75. The minimum Gasteiger partial charge on any atom is -0.444 e. The summed E-state index contributed by atoms with van der Waals surface area (Å²) < 4.78 is 5.28. The Hall–Kier alpha value is -1.58. The molecule has 4 nitrogen and oxygen atoms in total. The maximum atomic E-state index is 11.6. The van der Waals surface area contributed by atoms with E-state index in [1.807, 2.05) is 43.9 Å². The van der Waals surface area contributed by atoms with E-state index in [1.54, 1.807) is 12.4 Å². The maximum absolute atomic E-state index is 11.6. The summed E-state index contributed by atoms with van der Waals surface area (Å²) in [5, 5.41) is 0. The molecule has 1 fully saturated rings. The topological polar surface area (TPSA) is 42.4 Å². The van der Waals surface area contributed by atoms with E-state index < -0.39 is 0 Å². The van der Waals surface area contributed by atoms with Crippen LogP contribution in [0.25, 0.3) is 0 Å². The van der Waals surface area contributed by atoms with Gasteiger partial charge in [0.05, 0.1) is 0 Å². The van der Waals surface area contributed by atoms with Crippen molar-refractivity contribution in [3.8, 4) is 0 Å². The Morgan fingerprint density at radius 3 is 2.21 bits per heavy atom. The van der Waals surface area contributed by atoms with Crippen LogP contribution < -0.4 is 0 Å². The maximum Gasteiger partial charge on any atom is 0.410 e. The molecule has 4 heteroatoms. The summed E-state index contributed by atoms with van der Waals surface area (Å²) in [7, 11) is 0. The minimum absolute atomic E-state index is 0.169. The van der Waals surface area contributed by atoms with E-state index in [0.29, 0.717) is 6.04 Å². The number of aromatic nitrogens is 1. The molecule has 0 bridgehead atoms. The predicted octanol–water partition coefficient (Wildman–Crippen LogP) is 3.49. The van der Waals surface area contributed by atoms with Crippen LogP contribution in [-0.2, 0) is 4.74 Å². The predicted molar refractivity (Wildman–Crippen MR) is 75.9 cm³/mol. The molecule has 1 unspecified atom stereocenters. The number of hydrogen-bond donors (Lipinski definition) is 0. The zero-order valence-corrected chi connectivity index (χ0v) is 12.3. The van der Waals surface area contributed by atoms with Crippen molar-refractivity contribution in [3.05, 3.63) is 30.6 Å². The van der Waals surface area contributed by atoms with Gasteiger partial charge in [0.25, 0.3) is 0 Å². The van der Waals surface area contributed by atoms with Crippen molar-refractivity contribution >= 4 is 6.09 Å². The molecule has 1 aromatic rings. The molecule has 1 saturated heterocycles. The van der Waals surface area contributed by atoms with Gasteiger partial charge in [0, 0.05) is 25.0 Å². The van der Waals surface area contributed by atoms with Crippen molar-refractivity contribution < 1.29 is 9.53 Å². The highest BCUT2D eigenvalue weighted by atomic mass is 16.6. The van der Waals surface area contributed by atoms with Gasteiger partial charge >= 0.3 is 6.09 Å². The fourth-order valence-electron chi connectivity index (χ4n) is 1.84. The Balaban J connectivity index is 0.000000250. The standard InChI is InChI=1S/C10H19NO2.C5H5N/c1-8-6-5-7-11(8)9(12)13-10(2,3)4;1-2-4-6-5-3-1/h8H,5-7H2,1-4H3;1-5H. The molecular formula is C15H24N2O2. The lowest BCUT2D eigenvalue weighted by Gasteiger charge is -2.26. The third-order valence-electron chi connectivity index (χ3n) is 2.75. The third-order valence-corrected chi connectivity index (χ3v) is 2.75. The summed E-state index contributed by atoms with van der Waals surface area (Å²) in [6, 6.07) is 6.06. The van der Waals surface area contributed by atoms with Gasteiger partial charge in [0.1, 0.15) is 5.60 Å². The highest BCUT2D eigenvalue weighted by molar-refractivity contribution is 5.68. The first-order valence-electron chi connectivity index (χ1n) is 6.75. The van der Waals surface area contributed by atoms with Gasteiger partial charge in [-0.25, -0.2) is 4.79 Å². The van der Waals surface area contributed by atoms with Crippen molar-refractivity contribution in [1.29, 1.82) is 0 Å². The molecule has 2 heterocycles. The van der Waals surface area contributed by atoms with Gasteiger partial charge in [0.15, 0.2) is 0 Å². The summed E-state index contributed by atoms with van der Waals surface area (Å²) in [6.07, 6.45) is 5.53. The second-order valence-corrected chi connectivity index (χ2v) is 5.69. The minimum atomic E-state index is -0.376. The number of rotatable bonds is 0. The fourth-order valence-corrected chi connectivity index (χ4v) is 1.84. The summed E-state index contributed by atoms with van der Waals surface area (Å²) in [5.41, 5.74) is -0.376. The van der Waals surface area contributed by atoms with Crippen LogP contribution >= 0.6 is 0 Å². The molecule has 1 aliphatic heterocycles. The summed E-state index contributed by atoms with van der Waals surface area (Å²) in [4.78, 5) is 17.2. The molecule has 0 N–H and O–H groups in total. The SMILES string of the molecule is CC1CCCN1C(=O)OC(C)(C)C.c1ccncc1. The van der Waals surface area contributed by atoms with E-state index in [9.17, 15) is 4.79 Å². The molecule has 0 aliphatic carbocycles. The lowest BCUT2D eigenvalue weighted by Crippen LogP contribution is -2.38. The van der Waals surface area contributed by atoms with E-state index in [1.165, 1.54) is 0 Å². The van der Waals surface area contributed by atoms with Crippen LogP contribution in [0.5, 0.6) is 0 Å². The second-order valence-electron chi connectivity index (χ2n) is 5.69. The molecule has 0 spiro atoms. The van der Waals surface area contributed by atoms with E-state index in [0.717, 1.165) is 19.4 Å². The first-order chi connectivity index (χ1) is 8.90.